The van der Waals surface area contributed by atoms with Crippen LogP contribution in [0.3, 0.4) is 0 Å². The number of aromatic nitrogens is 2. The van der Waals surface area contributed by atoms with Crippen LogP contribution in [-0.4, -0.2) is 53.3 Å². The van der Waals surface area contributed by atoms with E-state index in [0.29, 0.717) is 25.4 Å². The second kappa shape index (κ2) is 10.4. The standard InChI is InChI=1S/C30H34FN4O5P/c1-5-12-37-27-14-22(6-11-26(27)34-16-21(2)32-20-34)13-23-15-30(18-38-41(4,36)39-19-30)17-35-28(23)33-40-29(35,3)24-7-9-25(31)10-8-24/h6-11,13-14,16,20H,5,12,15,17-19H2,1-4H3. The first kappa shape index (κ1) is 27.7. The van der Waals surface area contributed by atoms with Crippen LogP contribution in [-0.2, 0) is 24.2 Å². The highest BCUT2D eigenvalue weighted by molar-refractivity contribution is 7.53. The zero-order valence-corrected chi connectivity index (χ0v) is 24.6. The Hall–Kier alpha value is -3.46. The molecule has 2 saturated heterocycles. The highest BCUT2D eigenvalue weighted by Gasteiger charge is 2.54. The number of amidine groups is 1. The molecule has 41 heavy (non-hydrogen) atoms. The smallest absolute Gasteiger partial charge is 0.327 e. The van der Waals surface area contributed by atoms with Crippen LogP contribution in [0.15, 0.2) is 65.7 Å². The second-order valence-electron chi connectivity index (χ2n) is 11.2. The van der Waals surface area contributed by atoms with Crippen molar-refractivity contribution in [2.24, 2.45) is 10.6 Å². The molecule has 0 aliphatic carbocycles. The van der Waals surface area contributed by atoms with E-state index in [9.17, 15) is 8.96 Å². The van der Waals surface area contributed by atoms with Gasteiger partial charge in [0.05, 0.1) is 37.5 Å². The summed E-state index contributed by atoms with van der Waals surface area (Å²) >= 11 is 0. The fraction of sp³-hybridized carbons (Fsp3) is 0.400. The van der Waals surface area contributed by atoms with Crippen LogP contribution >= 0.6 is 7.60 Å². The topological polar surface area (TPSA) is 87.4 Å². The maximum atomic E-state index is 13.8. The molecule has 0 saturated carbocycles. The zero-order valence-electron chi connectivity index (χ0n) is 23.7. The summed E-state index contributed by atoms with van der Waals surface area (Å²) < 4.78 is 45.9. The van der Waals surface area contributed by atoms with Gasteiger partial charge in [-0.05, 0) is 61.2 Å². The minimum Gasteiger partial charge on any atom is -0.491 e. The summed E-state index contributed by atoms with van der Waals surface area (Å²) in [6.45, 7) is 9.06. The van der Waals surface area contributed by atoms with Crippen LogP contribution in [0.5, 0.6) is 5.75 Å². The Bertz CT molecular complexity index is 1560. The fourth-order valence-corrected chi connectivity index (χ4v) is 6.64. The number of hydrogen-bond acceptors (Lipinski definition) is 8. The Labute approximate surface area is 239 Å². The van der Waals surface area contributed by atoms with Crippen molar-refractivity contribution < 1.29 is 27.6 Å². The van der Waals surface area contributed by atoms with E-state index in [1.165, 1.54) is 18.8 Å². The molecule has 3 aromatic rings. The van der Waals surface area contributed by atoms with Gasteiger partial charge in [-0.1, -0.05) is 30.3 Å². The van der Waals surface area contributed by atoms with Gasteiger partial charge < -0.3 is 28.1 Å². The molecule has 9 nitrogen and oxygen atoms in total. The summed E-state index contributed by atoms with van der Waals surface area (Å²) in [6, 6.07) is 12.3. The van der Waals surface area contributed by atoms with E-state index in [4.69, 9.17) is 18.6 Å². The maximum Gasteiger partial charge on any atom is 0.327 e. The van der Waals surface area contributed by atoms with Gasteiger partial charge in [-0.15, -0.1) is 0 Å². The summed E-state index contributed by atoms with van der Waals surface area (Å²) in [5, 5.41) is 4.53. The summed E-state index contributed by atoms with van der Waals surface area (Å²) in [5.41, 5.74) is 2.99. The molecule has 0 radical (unpaired) electrons. The number of aryl methyl sites for hydroxylation is 1. The zero-order chi connectivity index (χ0) is 28.8. The number of hydrogen-bond donors (Lipinski definition) is 0. The molecule has 4 heterocycles. The fourth-order valence-electron chi connectivity index (χ4n) is 5.54. The first-order chi connectivity index (χ1) is 19.6. The molecule has 2 fully saturated rings. The Morgan fingerprint density at radius 1 is 1.17 bits per heavy atom. The van der Waals surface area contributed by atoms with Gasteiger partial charge >= 0.3 is 7.60 Å². The van der Waals surface area contributed by atoms with E-state index >= 15 is 0 Å². The van der Waals surface area contributed by atoms with Crippen molar-refractivity contribution in [3.8, 4) is 11.4 Å². The molecule has 216 valence electrons. The van der Waals surface area contributed by atoms with Crippen molar-refractivity contribution in [1.29, 1.82) is 0 Å². The Balaban J connectivity index is 1.40. The summed E-state index contributed by atoms with van der Waals surface area (Å²) in [5.74, 6) is 1.12. The lowest BCUT2D eigenvalue weighted by atomic mass is 9.77. The lowest BCUT2D eigenvalue weighted by molar-refractivity contribution is -0.114. The molecule has 3 aliphatic heterocycles. The van der Waals surface area contributed by atoms with Crippen molar-refractivity contribution in [1.82, 2.24) is 14.5 Å². The molecule has 11 heteroatoms. The van der Waals surface area contributed by atoms with Crippen LogP contribution in [0.1, 0.15) is 43.5 Å². The summed E-state index contributed by atoms with van der Waals surface area (Å²) in [7, 11) is -3.10. The largest absolute Gasteiger partial charge is 0.491 e. The molecule has 1 aromatic heterocycles. The predicted octanol–water partition coefficient (Wildman–Crippen LogP) is 6.27. The van der Waals surface area contributed by atoms with Gasteiger partial charge in [0.1, 0.15) is 11.6 Å². The Morgan fingerprint density at radius 2 is 1.93 bits per heavy atom. The number of imidazole rings is 1. The van der Waals surface area contributed by atoms with Crippen LogP contribution in [0.25, 0.3) is 11.8 Å². The first-order valence-corrected chi connectivity index (χ1v) is 15.7. The highest BCUT2D eigenvalue weighted by Crippen LogP contribution is 2.55. The predicted molar refractivity (Wildman–Crippen MR) is 154 cm³/mol. The second-order valence-corrected chi connectivity index (χ2v) is 13.3. The molecular weight excluding hydrogens is 546 g/mol. The summed E-state index contributed by atoms with van der Waals surface area (Å²) in [4.78, 5) is 12.5. The van der Waals surface area contributed by atoms with E-state index in [2.05, 4.69) is 28.0 Å². The van der Waals surface area contributed by atoms with Gasteiger partial charge in [-0.25, -0.2) is 9.37 Å². The average Bonchev–Trinajstić information content (AvgIpc) is 3.53. The molecule has 1 unspecified atom stereocenters. The maximum absolute atomic E-state index is 13.8. The van der Waals surface area contributed by atoms with Crippen LogP contribution < -0.4 is 4.74 Å². The third-order valence-corrected chi connectivity index (χ3v) is 8.99. The van der Waals surface area contributed by atoms with Crippen molar-refractivity contribution in [3.63, 3.8) is 0 Å². The molecule has 0 amide bonds. The minimum absolute atomic E-state index is 0.269. The Kier molecular flexibility index (Phi) is 7.04. The highest BCUT2D eigenvalue weighted by atomic mass is 31.2. The molecule has 6 rings (SSSR count). The van der Waals surface area contributed by atoms with Crippen molar-refractivity contribution in [3.05, 3.63) is 83.2 Å². The molecular formula is C30H34FN4O5P. The van der Waals surface area contributed by atoms with Crippen molar-refractivity contribution in [2.75, 3.05) is 33.0 Å². The van der Waals surface area contributed by atoms with Gasteiger partial charge in [-0.3, -0.25) is 4.57 Å². The number of rotatable bonds is 6. The van der Waals surface area contributed by atoms with E-state index in [1.807, 2.05) is 42.8 Å². The number of ether oxygens (including phenoxy) is 1. The number of nitrogens with zero attached hydrogens (tertiary/aromatic N) is 4. The van der Waals surface area contributed by atoms with E-state index in [1.54, 1.807) is 18.5 Å². The van der Waals surface area contributed by atoms with Crippen LogP contribution in [0.4, 0.5) is 4.39 Å². The number of benzene rings is 2. The number of piperidine rings is 1. The lowest BCUT2D eigenvalue weighted by Gasteiger charge is -2.48. The quantitative estimate of drug-likeness (QED) is 0.318. The average molecular weight is 581 g/mol. The molecule has 3 aliphatic rings. The van der Waals surface area contributed by atoms with Gasteiger partial charge in [-0.2, -0.15) is 0 Å². The van der Waals surface area contributed by atoms with E-state index < -0.39 is 18.7 Å². The minimum atomic E-state index is -3.10. The van der Waals surface area contributed by atoms with Crippen LogP contribution in [0.2, 0.25) is 0 Å². The van der Waals surface area contributed by atoms with Crippen molar-refractivity contribution >= 4 is 19.5 Å². The van der Waals surface area contributed by atoms with Gasteiger partial charge in [0.25, 0.3) is 0 Å². The van der Waals surface area contributed by atoms with E-state index in [-0.39, 0.29) is 19.0 Å². The lowest BCUT2D eigenvalue weighted by Crippen LogP contribution is -2.57. The third-order valence-electron chi connectivity index (χ3n) is 7.79. The normalized spacial score (nSPS) is 28.5. The Morgan fingerprint density at radius 3 is 2.61 bits per heavy atom. The van der Waals surface area contributed by atoms with Gasteiger partial charge in [0.2, 0.25) is 5.72 Å². The molecule has 1 atom stereocenters. The van der Waals surface area contributed by atoms with Gasteiger partial charge in [0.15, 0.2) is 5.84 Å². The number of oxime groups is 1. The third kappa shape index (κ3) is 5.32. The molecule has 1 spiro atoms. The first-order valence-electron chi connectivity index (χ1n) is 13.7. The molecule has 0 bridgehead atoms. The SMILES string of the molecule is CCCOc1cc(C=C2CC3(COP(C)(=O)OC3)CN3C2=NOC3(C)c2ccc(F)cc2)ccc1-n1cnc(C)c1. The molecule has 0 N–H and O–H groups in total. The van der Waals surface area contributed by atoms with E-state index in [0.717, 1.165) is 40.3 Å². The summed E-state index contributed by atoms with van der Waals surface area (Å²) in [6.07, 6.45) is 7.28. The monoisotopic (exact) mass is 580 g/mol. The number of halogens is 1. The van der Waals surface area contributed by atoms with Crippen LogP contribution in [0, 0.1) is 18.2 Å². The van der Waals surface area contributed by atoms with Gasteiger partial charge in [0, 0.05) is 37.3 Å². The van der Waals surface area contributed by atoms with Crippen molar-refractivity contribution in [2.45, 2.75) is 39.3 Å². The number of fused-ring (bicyclic) bond motifs is 1. The molecule has 2 aromatic carbocycles.